The summed E-state index contributed by atoms with van der Waals surface area (Å²) in [6, 6.07) is 2.09. The number of carbonyl (C=O) groups excluding carboxylic acids is 1. The van der Waals surface area contributed by atoms with E-state index in [9.17, 15) is 4.79 Å². The highest BCUT2D eigenvalue weighted by atomic mass is 16.3. The molecule has 5 heteroatoms. The van der Waals surface area contributed by atoms with Crippen molar-refractivity contribution >= 4 is 6.03 Å². The molecule has 0 atom stereocenters. The number of aryl methyl sites for hydroxylation is 2. The summed E-state index contributed by atoms with van der Waals surface area (Å²) >= 11 is 0. The first kappa shape index (κ1) is 15.9. The Labute approximate surface area is 127 Å². The summed E-state index contributed by atoms with van der Waals surface area (Å²) in [4.78, 5) is 13.9. The van der Waals surface area contributed by atoms with Gasteiger partial charge in [-0.2, -0.15) is 0 Å². The molecule has 2 heterocycles. The molecular formula is C16H27N3O2. The lowest BCUT2D eigenvalue weighted by molar-refractivity contribution is 0.174. The van der Waals surface area contributed by atoms with Crippen molar-refractivity contribution in [2.45, 2.75) is 40.2 Å². The maximum atomic E-state index is 11.4. The van der Waals surface area contributed by atoms with E-state index < -0.39 is 0 Å². The van der Waals surface area contributed by atoms with Gasteiger partial charge in [0.2, 0.25) is 0 Å². The molecule has 2 rings (SSSR count). The fourth-order valence-corrected chi connectivity index (χ4v) is 2.89. The van der Waals surface area contributed by atoms with Crippen molar-refractivity contribution in [2.24, 2.45) is 5.92 Å². The third-order valence-corrected chi connectivity index (χ3v) is 4.13. The van der Waals surface area contributed by atoms with Gasteiger partial charge >= 0.3 is 6.03 Å². The quantitative estimate of drug-likeness (QED) is 0.876. The Balaban J connectivity index is 1.71. The molecule has 5 nitrogen and oxygen atoms in total. The molecule has 1 aromatic rings. The van der Waals surface area contributed by atoms with Crippen LogP contribution < -0.4 is 10.6 Å². The second kappa shape index (κ2) is 7.50. The smallest absolute Gasteiger partial charge is 0.314 e. The first-order chi connectivity index (χ1) is 10.1. The lowest BCUT2D eigenvalue weighted by Gasteiger charge is -2.31. The summed E-state index contributed by atoms with van der Waals surface area (Å²) in [5.74, 6) is 2.62. The summed E-state index contributed by atoms with van der Waals surface area (Å²) < 4.78 is 5.58. The van der Waals surface area contributed by atoms with Gasteiger partial charge in [-0.25, -0.2) is 4.79 Å². The van der Waals surface area contributed by atoms with Crippen LogP contribution >= 0.6 is 0 Å². The number of nitrogens with one attached hydrogen (secondary N) is 2. The predicted molar refractivity (Wildman–Crippen MR) is 83.3 cm³/mol. The van der Waals surface area contributed by atoms with Gasteiger partial charge in [0, 0.05) is 25.2 Å². The van der Waals surface area contributed by atoms with Crippen LogP contribution in [0.5, 0.6) is 0 Å². The fourth-order valence-electron chi connectivity index (χ4n) is 2.89. The molecule has 1 aromatic heterocycles. The van der Waals surface area contributed by atoms with Crippen LogP contribution in [0.25, 0.3) is 0 Å². The Morgan fingerprint density at radius 3 is 2.62 bits per heavy atom. The van der Waals surface area contributed by atoms with Crippen LogP contribution in [0, 0.1) is 19.8 Å². The number of rotatable bonds is 5. The standard InChI is InChI=1S/C16H27N3O2/c1-4-17-16(20)18-10-14-5-7-19(8-6-14)11-15-9-12(2)21-13(15)3/h9,14H,4-8,10-11H2,1-3H3,(H2,17,18,20). The molecule has 21 heavy (non-hydrogen) atoms. The van der Waals surface area contributed by atoms with Crippen LogP contribution in [0.4, 0.5) is 4.79 Å². The normalized spacial score (nSPS) is 16.9. The molecule has 0 saturated carbocycles. The number of amides is 2. The first-order valence-corrected chi connectivity index (χ1v) is 7.88. The Bertz CT molecular complexity index is 462. The second-order valence-electron chi connectivity index (χ2n) is 5.90. The van der Waals surface area contributed by atoms with Crippen molar-refractivity contribution in [2.75, 3.05) is 26.2 Å². The minimum atomic E-state index is -0.0515. The maximum Gasteiger partial charge on any atom is 0.314 e. The van der Waals surface area contributed by atoms with Crippen molar-refractivity contribution < 1.29 is 9.21 Å². The van der Waals surface area contributed by atoms with E-state index >= 15 is 0 Å². The third-order valence-electron chi connectivity index (χ3n) is 4.13. The molecule has 1 aliphatic rings. The monoisotopic (exact) mass is 293 g/mol. The lowest BCUT2D eigenvalue weighted by atomic mass is 9.96. The van der Waals surface area contributed by atoms with Gasteiger partial charge in [0.05, 0.1) is 0 Å². The molecule has 0 unspecified atom stereocenters. The van der Waals surface area contributed by atoms with Gasteiger partial charge in [-0.05, 0) is 58.7 Å². The Hall–Kier alpha value is -1.49. The summed E-state index contributed by atoms with van der Waals surface area (Å²) in [7, 11) is 0. The average molecular weight is 293 g/mol. The molecule has 1 saturated heterocycles. The number of carbonyl (C=O) groups is 1. The van der Waals surface area contributed by atoms with Crippen molar-refractivity contribution in [3.8, 4) is 0 Å². The average Bonchev–Trinajstić information content (AvgIpc) is 2.76. The summed E-state index contributed by atoms with van der Waals surface area (Å²) in [5.41, 5.74) is 1.30. The number of piperidine rings is 1. The van der Waals surface area contributed by atoms with Gasteiger partial charge in [-0.1, -0.05) is 0 Å². The molecule has 118 valence electrons. The zero-order chi connectivity index (χ0) is 15.2. The summed E-state index contributed by atoms with van der Waals surface area (Å²) in [6.07, 6.45) is 2.28. The summed E-state index contributed by atoms with van der Waals surface area (Å²) in [5, 5.41) is 5.71. The highest BCUT2D eigenvalue weighted by Crippen LogP contribution is 2.21. The van der Waals surface area contributed by atoms with Gasteiger partial charge < -0.3 is 15.1 Å². The van der Waals surface area contributed by atoms with Crippen molar-refractivity contribution in [3.05, 3.63) is 23.2 Å². The SMILES string of the molecule is CCNC(=O)NCC1CCN(Cc2cc(C)oc2C)CC1. The maximum absolute atomic E-state index is 11.4. The molecule has 1 fully saturated rings. The Kier molecular flexibility index (Phi) is 5.67. The topological polar surface area (TPSA) is 57.5 Å². The first-order valence-electron chi connectivity index (χ1n) is 7.88. The van der Waals surface area contributed by atoms with E-state index in [1.54, 1.807) is 0 Å². The molecule has 0 aliphatic carbocycles. The van der Waals surface area contributed by atoms with E-state index in [4.69, 9.17) is 4.42 Å². The number of nitrogens with zero attached hydrogens (tertiary/aromatic N) is 1. The number of furan rings is 1. The second-order valence-corrected chi connectivity index (χ2v) is 5.90. The number of hydrogen-bond donors (Lipinski definition) is 2. The van der Waals surface area contributed by atoms with E-state index in [0.717, 1.165) is 50.5 Å². The third kappa shape index (κ3) is 4.77. The largest absolute Gasteiger partial charge is 0.466 e. The van der Waals surface area contributed by atoms with E-state index in [1.165, 1.54) is 5.56 Å². The predicted octanol–water partition coefficient (Wildman–Crippen LogP) is 2.43. The highest BCUT2D eigenvalue weighted by molar-refractivity contribution is 5.73. The van der Waals surface area contributed by atoms with Gasteiger partial charge in [0.1, 0.15) is 11.5 Å². The number of hydrogen-bond acceptors (Lipinski definition) is 3. The van der Waals surface area contributed by atoms with Crippen LogP contribution in [0.3, 0.4) is 0 Å². The van der Waals surface area contributed by atoms with Crippen molar-refractivity contribution in [1.29, 1.82) is 0 Å². The number of urea groups is 1. The fraction of sp³-hybridized carbons (Fsp3) is 0.688. The number of likely N-dealkylation sites (tertiary alicyclic amines) is 1. The summed E-state index contributed by atoms with van der Waals surface area (Å²) in [6.45, 7) is 10.6. The van der Waals surface area contributed by atoms with E-state index in [0.29, 0.717) is 12.5 Å². The Morgan fingerprint density at radius 1 is 1.33 bits per heavy atom. The molecule has 2 N–H and O–H groups in total. The molecular weight excluding hydrogens is 266 g/mol. The molecule has 2 amide bonds. The zero-order valence-corrected chi connectivity index (χ0v) is 13.4. The highest BCUT2D eigenvalue weighted by Gasteiger charge is 2.20. The molecule has 1 aliphatic heterocycles. The van der Waals surface area contributed by atoms with E-state index in [-0.39, 0.29) is 6.03 Å². The molecule has 0 aromatic carbocycles. The van der Waals surface area contributed by atoms with E-state index in [1.807, 2.05) is 20.8 Å². The van der Waals surface area contributed by atoms with Gasteiger partial charge in [-0.3, -0.25) is 4.90 Å². The van der Waals surface area contributed by atoms with Crippen LogP contribution in [-0.2, 0) is 6.54 Å². The van der Waals surface area contributed by atoms with Crippen LogP contribution in [0.1, 0.15) is 36.8 Å². The van der Waals surface area contributed by atoms with Gasteiger partial charge in [-0.15, -0.1) is 0 Å². The lowest BCUT2D eigenvalue weighted by Crippen LogP contribution is -2.41. The zero-order valence-electron chi connectivity index (χ0n) is 13.4. The van der Waals surface area contributed by atoms with Crippen LogP contribution in [-0.4, -0.2) is 37.1 Å². The van der Waals surface area contributed by atoms with Gasteiger partial charge in [0.15, 0.2) is 0 Å². The van der Waals surface area contributed by atoms with E-state index in [2.05, 4.69) is 21.6 Å². The van der Waals surface area contributed by atoms with Crippen molar-refractivity contribution in [1.82, 2.24) is 15.5 Å². The van der Waals surface area contributed by atoms with Crippen LogP contribution in [0.15, 0.2) is 10.5 Å². The molecule has 0 radical (unpaired) electrons. The minimum absolute atomic E-state index is 0.0515. The van der Waals surface area contributed by atoms with Crippen molar-refractivity contribution in [3.63, 3.8) is 0 Å². The minimum Gasteiger partial charge on any atom is -0.466 e. The van der Waals surface area contributed by atoms with Gasteiger partial charge in [0.25, 0.3) is 0 Å². The Morgan fingerprint density at radius 2 is 2.05 bits per heavy atom. The molecule has 0 bridgehead atoms. The van der Waals surface area contributed by atoms with Crippen LogP contribution in [0.2, 0.25) is 0 Å². The molecule has 0 spiro atoms.